The van der Waals surface area contributed by atoms with Crippen molar-refractivity contribution in [1.29, 1.82) is 0 Å². The smallest absolute Gasteiger partial charge is 0.321 e. The number of amides is 1. The summed E-state index contributed by atoms with van der Waals surface area (Å²) in [5.41, 5.74) is 0.494. The molecule has 0 saturated heterocycles. The van der Waals surface area contributed by atoms with E-state index in [1.54, 1.807) is 0 Å². The van der Waals surface area contributed by atoms with E-state index in [1.165, 1.54) is 41.1 Å². The molecule has 0 atom stereocenters. The second kappa shape index (κ2) is 7.88. The van der Waals surface area contributed by atoms with Gasteiger partial charge < -0.3 is 5.32 Å². The van der Waals surface area contributed by atoms with Crippen LogP contribution >= 0.6 is 0 Å². The summed E-state index contributed by atoms with van der Waals surface area (Å²) < 4.78 is 77.0. The first kappa shape index (κ1) is 22.3. The number of fused-ring (bicyclic) bond motifs is 1. The molecule has 1 heterocycles. The molecule has 0 radical (unpaired) electrons. The summed E-state index contributed by atoms with van der Waals surface area (Å²) in [4.78, 5) is 13.1. The van der Waals surface area contributed by atoms with E-state index in [1.807, 2.05) is 0 Å². The Labute approximate surface area is 181 Å². The summed E-state index contributed by atoms with van der Waals surface area (Å²) in [6.45, 7) is 0.0784. The maximum absolute atomic E-state index is 13.7. The van der Waals surface area contributed by atoms with Crippen molar-refractivity contribution in [2.45, 2.75) is 30.5 Å². The Hall–Kier alpha value is -2.95. The van der Waals surface area contributed by atoms with Gasteiger partial charge in [-0.3, -0.25) is 9.48 Å². The lowest BCUT2D eigenvalue weighted by Gasteiger charge is -2.36. The number of carbonyl (C=O) groups is 1. The Morgan fingerprint density at radius 1 is 1.19 bits per heavy atom. The Morgan fingerprint density at radius 3 is 2.56 bits per heavy atom. The maximum Gasteiger partial charge on any atom is 0.391 e. The van der Waals surface area contributed by atoms with Crippen LogP contribution in [0.4, 0.5) is 23.2 Å². The molecule has 0 spiro atoms. The number of sulfone groups is 1. The van der Waals surface area contributed by atoms with E-state index in [4.69, 9.17) is 0 Å². The van der Waals surface area contributed by atoms with Crippen molar-refractivity contribution < 1.29 is 30.8 Å². The van der Waals surface area contributed by atoms with Gasteiger partial charge in [0.1, 0.15) is 11.5 Å². The summed E-state index contributed by atoms with van der Waals surface area (Å²) in [5, 5.41) is 7.19. The van der Waals surface area contributed by atoms with Gasteiger partial charge in [0.05, 0.1) is 16.3 Å². The monoisotopic (exact) mass is 469 g/mol. The second-order valence-corrected chi connectivity index (χ2v) is 10.0. The summed E-state index contributed by atoms with van der Waals surface area (Å²) in [5.74, 6) is -2.88. The first-order chi connectivity index (χ1) is 14.9. The fraction of sp³-hybridized carbons (Fsp3) is 0.333. The van der Waals surface area contributed by atoms with E-state index in [-0.39, 0.29) is 47.1 Å². The molecule has 32 heavy (non-hydrogen) atoms. The molecular formula is C21H19F4N3O3S. The van der Waals surface area contributed by atoms with Crippen molar-refractivity contribution in [2.75, 3.05) is 11.6 Å². The zero-order valence-electron chi connectivity index (χ0n) is 16.9. The largest absolute Gasteiger partial charge is 0.391 e. The van der Waals surface area contributed by atoms with E-state index < -0.39 is 33.7 Å². The van der Waals surface area contributed by atoms with Crippen LogP contribution in [0.15, 0.2) is 47.4 Å². The van der Waals surface area contributed by atoms with Crippen molar-refractivity contribution in [1.82, 2.24) is 9.78 Å². The fourth-order valence-electron chi connectivity index (χ4n) is 3.87. The predicted octanol–water partition coefficient (Wildman–Crippen LogP) is 4.42. The normalized spacial score (nSPS) is 19.0. The molecule has 0 bridgehead atoms. The first-order valence-electron chi connectivity index (χ1n) is 9.76. The lowest BCUT2D eigenvalue weighted by molar-refractivity contribution is -0.205. The van der Waals surface area contributed by atoms with Crippen LogP contribution in [0, 0.1) is 17.7 Å². The van der Waals surface area contributed by atoms with Gasteiger partial charge in [0.15, 0.2) is 9.84 Å². The quantitative estimate of drug-likeness (QED) is 0.561. The topological polar surface area (TPSA) is 81.1 Å². The van der Waals surface area contributed by atoms with Gasteiger partial charge in [-0.25, -0.2) is 12.8 Å². The summed E-state index contributed by atoms with van der Waals surface area (Å²) in [7, 11) is -3.49. The number of anilines is 1. The molecule has 1 saturated carbocycles. The van der Waals surface area contributed by atoms with Gasteiger partial charge in [0.2, 0.25) is 0 Å². The van der Waals surface area contributed by atoms with E-state index in [9.17, 15) is 30.8 Å². The third kappa shape index (κ3) is 4.47. The Bertz CT molecular complexity index is 1300. The molecular weight excluding hydrogens is 450 g/mol. The van der Waals surface area contributed by atoms with Crippen LogP contribution in [0.3, 0.4) is 0 Å². The standard InChI is InChI=1S/C21H19F4N3O3S/c1-32(30,31)16-4-2-3-15(10-16)26-20(29)19-17-6-5-14(22)9-18(17)27-28(19)11-12-7-13(8-12)21(23,24)25/h2-6,9-10,12-13H,7-8,11H2,1H3,(H,26,29). The molecule has 2 aromatic carbocycles. The maximum atomic E-state index is 13.7. The van der Waals surface area contributed by atoms with Crippen LogP contribution < -0.4 is 5.32 Å². The summed E-state index contributed by atoms with van der Waals surface area (Å²) >= 11 is 0. The first-order valence-corrected chi connectivity index (χ1v) is 11.6. The highest BCUT2D eigenvalue weighted by atomic mass is 32.2. The summed E-state index contributed by atoms with van der Waals surface area (Å²) in [6.07, 6.45) is -3.34. The molecule has 6 nitrogen and oxygen atoms in total. The number of benzene rings is 2. The molecule has 1 amide bonds. The van der Waals surface area contributed by atoms with Crippen LogP contribution in [0.1, 0.15) is 23.3 Å². The van der Waals surface area contributed by atoms with E-state index in [2.05, 4.69) is 10.4 Å². The Morgan fingerprint density at radius 2 is 1.91 bits per heavy atom. The number of halogens is 4. The number of alkyl halides is 3. The molecule has 0 aliphatic heterocycles. The van der Waals surface area contributed by atoms with Crippen molar-refractivity contribution in [3.63, 3.8) is 0 Å². The molecule has 3 aromatic rings. The average Bonchev–Trinajstić information content (AvgIpc) is 3.00. The number of aromatic nitrogens is 2. The van der Waals surface area contributed by atoms with E-state index in [0.29, 0.717) is 5.39 Å². The Balaban J connectivity index is 1.64. The number of rotatable bonds is 5. The minimum Gasteiger partial charge on any atom is -0.321 e. The number of carbonyl (C=O) groups excluding carboxylic acids is 1. The highest BCUT2D eigenvalue weighted by molar-refractivity contribution is 7.90. The lowest BCUT2D eigenvalue weighted by atomic mass is 9.74. The third-order valence-electron chi connectivity index (χ3n) is 5.57. The van der Waals surface area contributed by atoms with Crippen LogP contribution in [-0.4, -0.2) is 36.5 Å². The average molecular weight is 469 g/mol. The van der Waals surface area contributed by atoms with Crippen LogP contribution in [0.5, 0.6) is 0 Å². The minimum atomic E-state index is -4.25. The van der Waals surface area contributed by atoms with Crippen molar-refractivity contribution >= 4 is 32.3 Å². The molecule has 170 valence electrons. The third-order valence-corrected chi connectivity index (χ3v) is 6.68. The SMILES string of the molecule is CS(=O)(=O)c1cccc(NC(=O)c2c3ccc(F)cc3nn2CC2CC(C(F)(F)F)C2)c1. The molecule has 0 unspecified atom stereocenters. The molecule has 1 aromatic heterocycles. The van der Waals surface area contributed by atoms with Crippen molar-refractivity contribution in [3.05, 3.63) is 54.0 Å². The van der Waals surface area contributed by atoms with Gasteiger partial charge in [-0.1, -0.05) is 6.07 Å². The van der Waals surface area contributed by atoms with Gasteiger partial charge in [-0.15, -0.1) is 0 Å². The van der Waals surface area contributed by atoms with Crippen LogP contribution in [0.25, 0.3) is 10.9 Å². The molecule has 1 N–H and O–H groups in total. The van der Waals surface area contributed by atoms with E-state index in [0.717, 1.165) is 12.3 Å². The van der Waals surface area contributed by atoms with Gasteiger partial charge in [-0.05, 0) is 49.1 Å². The molecule has 1 fully saturated rings. The number of hydrogen-bond acceptors (Lipinski definition) is 4. The number of hydrogen-bond donors (Lipinski definition) is 1. The van der Waals surface area contributed by atoms with Crippen molar-refractivity contribution in [2.24, 2.45) is 11.8 Å². The fourth-order valence-corrected chi connectivity index (χ4v) is 4.54. The molecule has 4 rings (SSSR count). The van der Waals surface area contributed by atoms with E-state index >= 15 is 0 Å². The second-order valence-electron chi connectivity index (χ2n) is 8.02. The van der Waals surface area contributed by atoms with Gasteiger partial charge >= 0.3 is 6.18 Å². The predicted molar refractivity (Wildman–Crippen MR) is 109 cm³/mol. The van der Waals surface area contributed by atoms with Crippen LogP contribution in [-0.2, 0) is 16.4 Å². The minimum absolute atomic E-state index is 0.0170. The highest BCUT2D eigenvalue weighted by Gasteiger charge is 2.48. The molecule has 1 aliphatic rings. The molecule has 1 aliphatic carbocycles. The number of nitrogens with zero attached hydrogens (tertiary/aromatic N) is 2. The highest BCUT2D eigenvalue weighted by Crippen LogP contribution is 2.45. The van der Waals surface area contributed by atoms with Crippen molar-refractivity contribution in [3.8, 4) is 0 Å². The van der Waals surface area contributed by atoms with Gasteiger partial charge in [0, 0.05) is 29.9 Å². The zero-order valence-corrected chi connectivity index (χ0v) is 17.7. The van der Waals surface area contributed by atoms with Gasteiger partial charge in [-0.2, -0.15) is 18.3 Å². The number of nitrogens with one attached hydrogen (secondary N) is 1. The summed E-state index contributed by atoms with van der Waals surface area (Å²) in [6, 6.07) is 9.37. The lowest BCUT2D eigenvalue weighted by Crippen LogP contribution is -2.38. The van der Waals surface area contributed by atoms with Gasteiger partial charge in [0.25, 0.3) is 5.91 Å². The van der Waals surface area contributed by atoms with Crippen LogP contribution in [0.2, 0.25) is 0 Å². The molecule has 11 heteroatoms. The zero-order chi connectivity index (χ0) is 23.3. The Kier molecular flexibility index (Phi) is 5.48.